The van der Waals surface area contributed by atoms with E-state index in [2.05, 4.69) is 48.2 Å². The van der Waals surface area contributed by atoms with Gasteiger partial charge < -0.3 is 9.63 Å². The number of hydrogen-bond donors (Lipinski definition) is 1. The maximum Gasteiger partial charge on any atom is 0.185 e. The van der Waals surface area contributed by atoms with Crippen LogP contribution in [0.4, 0.5) is 8.78 Å². The number of ketones is 2. The lowest BCUT2D eigenvalue weighted by Gasteiger charge is -2.55. The van der Waals surface area contributed by atoms with Crippen LogP contribution in [-0.2, 0) is 10.2 Å². The third-order valence-electron chi connectivity index (χ3n) is 10.1. The summed E-state index contributed by atoms with van der Waals surface area (Å²) in [4.78, 5) is 29.7. The average molecular weight is 605 g/mol. The van der Waals surface area contributed by atoms with E-state index in [1.807, 2.05) is 6.92 Å². The van der Waals surface area contributed by atoms with Crippen LogP contribution >= 0.6 is 0 Å². The normalized spacial score (nSPS) is 23.7. The van der Waals surface area contributed by atoms with Crippen LogP contribution in [0.15, 0.2) is 53.1 Å². The summed E-state index contributed by atoms with van der Waals surface area (Å²) < 4.78 is 33.0. The molecule has 6 nitrogen and oxygen atoms in total. The van der Waals surface area contributed by atoms with Crippen LogP contribution < -0.4 is 0 Å². The van der Waals surface area contributed by atoms with Crippen LogP contribution in [0, 0.1) is 17.0 Å². The van der Waals surface area contributed by atoms with Crippen molar-refractivity contribution in [2.45, 2.75) is 102 Å². The molecule has 2 aromatic carbocycles. The molecule has 2 saturated carbocycles. The maximum atomic E-state index is 14.3. The molecule has 44 heavy (non-hydrogen) atoms. The Balaban J connectivity index is 1.17. The number of halogens is 2. The van der Waals surface area contributed by atoms with Crippen molar-refractivity contribution in [1.82, 2.24) is 10.1 Å². The van der Waals surface area contributed by atoms with Crippen molar-refractivity contribution in [3.63, 3.8) is 0 Å². The smallest absolute Gasteiger partial charge is 0.185 e. The van der Waals surface area contributed by atoms with E-state index in [1.165, 1.54) is 30.5 Å². The van der Waals surface area contributed by atoms with E-state index in [4.69, 9.17) is 4.52 Å². The SMILES string of the molecule is CC1(O)CCC(N2CC(CC(=O)CC(C)(C)c3cccc(C4CC4)c3)(CC(=O)c3cc(-c4ccc(F)cc4F)on3)C2)CC1. The molecule has 0 unspecified atom stereocenters. The van der Waals surface area contributed by atoms with Crippen molar-refractivity contribution in [2.75, 3.05) is 13.1 Å². The van der Waals surface area contributed by atoms with Gasteiger partial charge in [-0.3, -0.25) is 14.5 Å². The molecule has 8 heteroatoms. The Hall–Kier alpha value is -3.23. The summed E-state index contributed by atoms with van der Waals surface area (Å²) in [6.07, 6.45) is 6.44. The molecule has 6 rings (SSSR count). The van der Waals surface area contributed by atoms with Crippen molar-refractivity contribution < 1.29 is 28.0 Å². The Kier molecular flexibility index (Phi) is 8.12. The predicted octanol–water partition coefficient (Wildman–Crippen LogP) is 7.39. The summed E-state index contributed by atoms with van der Waals surface area (Å²) in [5.41, 5.74) is 1.08. The largest absolute Gasteiger partial charge is 0.390 e. The molecule has 0 spiro atoms. The zero-order valence-corrected chi connectivity index (χ0v) is 25.9. The highest BCUT2D eigenvalue weighted by Gasteiger charge is 2.49. The zero-order valence-electron chi connectivity index (χ0n) is 25.9. The molecule has 3 aromatic rings. The molecule has 1 saturated heterocycles. The molecule has 0 radical (unpaired) electrons. The van der Waals surface area contributed by atoms with Crippen LogP contribution in [0.25, 0.3) is 11.3 Å². The monoisotopic (exact) mass is 604 g/mol. The topological polar surface area (TPSA) is 83.6 Å². The fourth-order valence-electron chi connectivity index (χ4n) is 7.31. The van der Waals surface area contributed by atoms with Crippen LogP contribution in [0.2, 0.25) is 0 Å². The van der Waals surface area contributed by atoms with E-state index in [0.717, 1.165) is 43.4 Å². The Morgan fingerprint density at radius 2 is 1.75 bits per heavy atom. The van der Waals surface area contributed by atoms with Gasteiger partial charge in [-0.1, -0.05) is 43.3 Å². The Labute approximate surface area is 257 Å². The molecule has 2 aliphatic carbocycles. The van der Waals surface area contributed by atoms with Gasteiger partial charge in [0.15, 0.2) is 11.5 Å². The summed E-state index contributed by atoms with van der Waals surface area (Å²) in [5.74, 6) is -0.956. The van der Waals surface area contributed by atoms with Crippen molar-refractivity contribution in [2.24, 2.45) is 5.41 Å². The lowest BCUT2D eigenvalue weighted by atomic mass is 9.68. The van der Waals surface area contributed by atoms with Gasteiger partial charge in [0, 0.05) is 55.9 Å². The lowest BCUT2D eigenvalue weighted by Crippen LogP contribution is -2.62. The maximum absolute atomic E-state index is 14.3. The van der Waals surface area contributed by atoms with Gasteiger partial charge in [0.25, 0.3) is 0 Å². The van der Waals surface area contributed by atoms with E-state index in [9.17, 15) is 23.5 Å². The number of aromatic nitrogens is 1. The fraction of sp³-hybridized carbons (Fsp3) is 0.528. The molecule has 3 fully saturated rings. The second kappa shape index (κ2) is 11.6. The molecule has 0 amide bonds. The van der Waals surface area contributed by atoms with Crippen LogP contribution in [0.1, 0.15) is 106 Å². The molecule has 234 valence electrons. The highest BCUT2D eigenvalue weighted by molar-refractivity contribution is 5.96. The van der Waals surface area contributed by atoms with Gasteiger partial charge in [-0.05, 0) is 80.0 Å². The number of carbonyl (C=O) groups is 2. The van der Waals surface area contributed by atoms with Gasteiger partial charge in [0.1, 0.15) is 23.1 Å². The van der Waals surface area contributed by atoms with Gasteiger partial charge >= 0.3 is 0 Å². The highest BCUT2D eigenvalue weighted by Crippen LogP contribution is 2.45. The Morgan fingerprint density at radius 1 is 1.02 bits per heavy atom. The molecule has 0 bridgehead atoms. The molecule has 0 atom stereocenters. The lowest BCUT2D eigenvalue weighted by molar-refractivity contribution is -0.128. The molecular weight excluding hydrogens is 562 g/mol. The summed E-state index contributed by atoms with van der Waals surface area (Å²) in [5, 5.41) is 14.4. The number of benzene rings is 2. The van der Waals surface area contributed by atoms with Gasteiger partial charge in [-0.2, -0.15) is 0 Å². The second-order valence-corrected chi connectivity index (χ2v) is 14.6. The van der Waals surface area contributed by atoms with E-state index >= 15 is 0 Å². The van der Waals surface area contributed by atoms with Crippen LogP contribution in [0.3, 0.4) is 0 Å². The Bertz CT molecular complexity index is 1540. The summed E-state index contributed by atoms with van der Waals surface area (Å²) in [6.45, 7) is 7.34. The number of hydrogen-bond acceptors (Lipinski definition) is 6. The number of likely N-dealkylation sites (tertiary alicyclic amines) is 1. The quantitative estimate of drug-likeness (QED) is 0.230. The van der Waals surface area contributed by atoms with Gasteiger partial charge in [0.2, 0.25) is 0 Å². The average Bonchev–Trinajstić information content (AvgIpc) is 3.68. The fourth-order valence-corrected chi connectivity index (χ4v) is 7.31. The van der Waals surface area contributed by atoms with E-state index in [1.54, 1.807) is 0 Å². The first-order valence-corrected chi connectivity index (χ1v) is 15.9. The first-order valence-electron chi connectivity index (χ1n) is 15.9. The van der Waals surface area contributed by atoms with Gasteiger partial charge in [-0.15, -0.1) is 0 Å². The standard InChI is InChI=1S/C36H42F2N2O4/c1-34(2,25-6-4-5-24(15-25)23-7-8-23)18-28(41)19-36(21-40(22-36)27-11-13-35(3,43)14-12-27)20-32(42)31-17-33(44-39-31)29-10-9-26(37)16-30(29)38/h4-6,9-10,15-17,23,27,43H,7-8,11-14,18-22H2,1-3H3. The summed E-state index contributed by atoms with van der Waals surface area (Å²) >= 11 is 0. The van der Waals surface area contributed by atoms with Crippen molar-refractivity contribution in [3.05, 3.63) is 77.0 Å². The highest BCUT2D eigenvalue weighted by atomic mass is 19.1. The minimum absolute atomic E-state index is 0.0267. The molecule has 3 aliphatic rings. The molecular formula is C36H42F2N2O4. The van der Waals surface area contributed by atoms with Crippen LogP contribution in [-0.4, -0.2) is 51.5 Å². The zero-order chi connectivity index (χ0) is 31.3. The second-order valence-electron chi connectivity index (χ2n) is 14.6. The van der Waals surface area contributed by atoms with Crippen molar-refractivity contribution in [3.8, 4) is 11.3 Å². The number of rotatable bonds is 11. The molecule has 2 heterocycles. The number of Topliss-reactive ketones (excluding diaryl/α,β-unsaturated/α-hetero) is 2. The first-order chi connectivity index (χ1) is 20.8. The van der Waals surface area contributed by atoms with E-state index in [0.29, 0.717) is 31.5 Å². The van der Waals surface area contributed by atoms with Crippen molar-refractivity contribution >= 4 is 11.6 Å². The third-order valence-corrected chi connectivity index (χ3v) is 10.1. The molecule has 1 aliphatic heterocycles. The predicted molar refractivity (Wildman–Crippen MR) is 163 cm³/mol. The Morgan fingerprint density at radius 3 is 2.43 bits per heavy atom. The van der Waals surface area contributed by atoms with E-state index in [-0.39, 0.29) is 46.8 Å². The number of nitrogens with zero attached hydrogens (tertiary/aromatic N) is 2. The van der Waals surface area contributed by atoms with E-state index < -0.39 is 22.7 Å². The summed E-state index contributed by atoms with van der Waals surface area (Å²) in [6, 6.07) is 13.5. The minimum Gasteiger partial charge on any atom is -0.390 e. The van der Waals surface area contributed by atoms with Crippen LogP contribution in [0.5, 0.6) is 0 Å². The van der Waals surface area contributed by atoms with Gasteiger partial charge in [-0.25, -0.2) is 8.78 Å². The number of aliphatic hydroxyl groups is 1. The molecule has 1 N–H and O–H groups in total. The summed E-state index contributed by atoms with van der Waals surface area (Å²) in [7, 11) is 0. The molecule has 1 aromatic heterocycles. The number of carbonyl (C=O) groups excluding carboxylic acids is 2. The van der Waals surface area contributed by atoms with Crippen molar-refractivity contribution in [1.29, 1.82) is 0 Å². The first kappa shape index (κ1) is 30.8. The minimum atomic E-state index is -0.798. The van der Waals surface area contributed by atoms with Gasteiger partial charge in [0.05, 0.1) is 11.2 Å². The third kappa shape index (κ3) is 6.71.